The SMILES string of the molecule is CS(=O)(=O)N1CCOC(c2ccccc2Cl)C1. The summed E-state index contributed by atoms with van der Waals surface area (Å²) in [7, 11) is -3.17. The quantitative estimate of drug-likeness (QED) is 0.825. The van der Waals surface area contributed by atoms with E-state index in [1.165, 1.54) is 10.6 Å². The summed E-state index contributed by atoms with van der Waals surface area (Å²) in [5, 5.41) is 0.604. The number of rotatable bonds is 2. The number of morpholine rings is 1. The van der Waals surface area contributed by atoms with Crippen LogP contribution in [0.5, 0.6) is 0 Å². The van der Waals surface area contributed by atoms with E-state index in [0.717, 1.165) is 5.56 Å². The predicted octanol–water partition coefficient (Wildman–Crippen LogP) is 1.67. The molecule has 2 rings (SSSR count). The molecule has 1 aliphatic rings. The highest BCUT2D eigenvalue weighted by atomic mass is 35.5. The third kappa shape index (κ3) is 2.98. The Morgan fingerprint density at radius 3 is 2.76 bits per heavy atom. The standard InChI is InChI=1S/C11H14ClNO3S/c1-17(14,15)13-6-7-16-11(8-13)9-4-2-3-5-10(9)12/h2-5,11H,6-8H2,1H3. The van der Waals surface area contributed by atoms with Crippen LogP contribution in [0.1, 0.15) is 11.7 Å². The molecule has 1 aromatic rings. The number of ether oxygens (including phenoxy) is 1. The van der Waals surface area contributed by atoms with Crippen LogP contribution in [0.3, 0.4) is 0 Å². The molecule has 0 aromatic heterocycles. The smallest absolute Gasteiger partial charge is 0.211 e. The minimum atomic E-state index is -3.17. The second-order valence-electron chi connectivity index (χ2n) is 4.00. The Morgan fingerprint density at radius 1 is 1.41 bits per heavy atom. The number of sulfonamides is 1. The van der Waals surface area contributed by atoms with Gasteiger partial charge < -0.3 is 4.74 Å². The lowest BCUT2D eigenvalue weighted by Crippen LogP contribution is -2.41. The molecular weight excluding hydrogens is 262 g/mol. The van der Waals surface area contributed by atoms with Crippen LogP contribution in [-0.4, -0.2) is 38.7 Å². The number of benzene rings is 1. The molecule has 17 heavy (non-hydrogen) atoms. The third-order valence-corrected chi connectivity index (χ3v) is 4.36. The average molecular weight is 276 g/mol. The van der Waals surface area contributed by atoms with Crippen molar-refractivity contribution in [1.82, 2.24) is 4.31 Å². The van der Waals surface area contributed by atoms with E-state index >= 15 is 0 Å². The van der Waals surface area contributed by atoms with E-state index in [4.69, 9.17) is 16.3 Å². The van der Waals surface area contributed by atoms with Crippen molar-refractivity contribution < 1.29 is 13.2 Å². The van der Waals surface area contributed by atoms with E-state index in [1.54, 1.807) is 6.07 Å². The molecule has 0 amide bonds. The van der Waals surface area contributed by atoms with Crippen molar-refractivity contribution in [2.75, 3.05) is 26.0 Å². The topological polar surface area (TPSA) is 46.6 Å². The molecule has 1 saturated heterocycles. The van der Waals surface area contributed by atoms with Gasteiger partial charge >= 0.3 is 0 Å². The van der Waals surface area contributed by atoms with Gasteiger partial charge in [-0.1, -0.05) is 29.8 Å². The van der Waals surface area contributed by atoms with Crippen molar-refractivity contribution in [2.45, 2.75) is 6.10 Å². The van der Waals surface area contributed by atoms with Gasteiger partial charge in [-0.25, -0.2) is 8.42 Å². The van der Waals surface area contributed by atoms with Crippen LogP contribution >= 0.6 is 11.6 Å². The highest BCUT2D eigenvalue weighted by Crippen LogP contribution is 2.28. The maximum atomic E-state index is 11.5. The Hall–Kier alpha value is -0.620. The number of hydrogen-bond donors (Lipinski definition) is 0. The molecule has 1 heterocycles. The largest absolute Gasteiger partial charge is 0.371 e. The Bertz CT molecular complexity index is 503. The zero-order valence-corrected chi connectivity index (χ0v) is 11.0. The molecular formula is C11H14ClNO3S. The molecule has 1 aliphatic heterocycles. The van der Waals surface area contributed by atoms with E-state index in [1.807, 2.05) is 18.2 Å². The van der Waals surface area contributed by atoms with Crippen molar-refractivity contribution in [3.8, 4) is 0 Å². The molecule has 0 bridgehead atoms. The van der Waals surface area contributed by atoms with Gasteiger partial charge in [0, 0.05) is 23.7 Å². The first-order valence-corrected chi connectivity index (χ1v) is 7.52. The van der Waals surface area contributed by atoms with Gasteiger partial charge in [0.15, 0.2) is 0 Å². The Labute approximate surface area is 106 Å². The van der Waals surface area contributed by atoms with Crippen LogP contribution < -0.4 is 0 Å². The van der Waals surface area contributed by atoms with Gasteiger partial charge in [0.05, 0.1) is 19.0 Å². The molecule has 6 heteroatoms. The van der Waals surface area contributed by atoms with E-state index in [0.29, 0.717) is 24.7 Å². The fourth-order valence-electron chi connectivity index (χ4n) is 1.85. The van der Waals surface area contributed by atoms with Crippen molar-refractivity contribution in [3.63, 3.8) is 0 Å². The zero-order valence-electron chi connectivity index (χ0n) is 9.47. The Morgan fingerprint density at radius 2 is 2.12 bits per heavy atom. The molecule has 1 atom stereocenters. The Balaban J connectivity index is 2.21. The average Bonchev–Trinajstić information content (AvgIpc) is 2.29. The van der Waals surface area contributed by atoms with Crippen molar-refractivity contribution in [1.29, 1.82) is 0 Å². The van der Waals surface area contributed by atoms with Gasteiger partial charge in [-0.15, -0.1) is 0 Å². The van der Waals surface area contributed by atoms with Gasteiger partial charge in [0.25, 0.3) is 0 Å². The normalized spacial score (nSPS) is 22.6. The lowest BCUT2D eigenvalue weighted by molar-refractivity contribution is -0.00228. The highest BCUT2D eigenvalue weighted by Gasteiger charge is 2.28. The zero-order chi connectivity index (χ0) is 12.5. The van der Waals surface area contributed by atoms with Crippen molar-refractivity contribution in [2.24, 2.45) is 0 Å². The molecule has 0 spiro atoms. The molecule has 0 N–H and O–H groups in total. The first-order valence-electron chi connectivity index (χ1n) is 5.29. The molecule has 1 fully saturated rings. The molecule has 0 saturated carbocycles. The summed E-state index contributed by atoms with van der Waals surface area (Å²) in [4.78, 5) is 0. The van der Waals surface area contributed by atoms with E-state index in [9.17, 15) is 8.42 Å². The van der Waals surface area contributed by atoms with Crippen LogP contribution in [0.2, 0.25) is 5.02 Å². The van der Waals surface area contributed by atoms with Gasteiger partial charge in [-0.2, -0.15) is 4.31 Å². The second kappa shape index (κ2) is 4.94. The van der Waals surface area contributed by atoms with Crippen LogP contribution in [-0.2, 0) is 14.8 Å². The second-order valence-corrected chi connectivity index (χ2v) is 6.39. The summed E-state index contributed by atoms with van der Waals surface area (Å²) in [6, 6.07) is 7.34. The van der Waals surface area contributed by atoms with E-state index in [2.05, 4.69) is 0 Å². The summed E-state index contributed by atoms with van der Waals surface area (Å²) in [5.74, 6) is 0. The predicted molar refractivity (Wildman–Crippen MR) is 66.6 cm³/mol. The monoisotopic (exact) mass is 275 g/mol. The number of hydrogen-bond acceptors (Lipinski definition) is 3. The molecule has 4 nitrogen and oxygen atoms in total. The van der Waals surface area contributed by atoms with Crippen LogP contribution in [0.15, 0.2) is 24.3 Å². The van der Waals surface area contributed by atoms with Gasteiger partial charge in [-0.3, -0.25) is 0 Å². The maximum absolute atomic E-state index is 11.5. The molecule has 1 unspecified atom stereocenters. The fraction of sp³-hybridized carbons (Fsp3) is 0.455. The van der Waals surface area contributed by atoms with Gasteiger partial charge in [0.2, 0.25) is 10.0 Å². The highest BCUT2D eigenvalue weighted by molar-refractivity contribution is 7.88. The molecule has 0 radical (unpaired) electrons. The maximum Gasteiger partial charge on any atom is 0.211 e. The molecule has 94 valence electrons. The van der Waals surface area contributed by atoms with Crippen molar-refractivity contribution in [3.05, 3.63) is 34.9 Å². The minimum absolute atomic E-state index is 0.285. The summed E-state index contributed by atoms with van der Waals surface area (Å²) in [5.41, 5.74) is 0.836. The van der Waals surface area contributed by atoms with E-state index in [-0.39, 0.29) is 6.10 Å². The van der Waals surface area contributed by atoms with Crippen LogP contribution in [0.4, 0.5) is 0 Å². The number of nitrogens with zero attached hydrogens (tertiary/aromatic N) is 1. The van der Waals surface area contributed by atoms with E-state index < -0.39 is 10.0 Å². The third-order valence-electron chi connectivity index (χ3n) is 2.75. The molecule has 0 aliphatic carbocycles. The molecule has 1 aromatic carbocycles. The first-order chi connectivity index (χ1) is 7.98. The van der Waals surface area contributed by atoms with Crippen LogP contribution in [0, 0.1) is 0 Å². The first kappa shape index (κ1) is 12.8. The van der Waals surface area contributed by atoms with Crippen LogP contribution in [0.25, 0.3) is 0 Å². The lowest BCUT2D eigenvalue weighted by atomic mass is 10.1. The van der Waals surface area contributed by atoms with Gasteiger partial charge in [-0.05, 0) is 6.07 Å². The summed E-state index contributed by atoms with van der Waals surface area (Å²) in [6.45, 7) is 1.12. The van der Waals surface area contributed by atoms with Gasteiger partial charge in [0.1, 0.15) is 0 Å². The summed E-state index contributed by atoms with van der Waals surface area (Å²) < 4.78 is 30.0. The number of halogens is 1. The minimum Gasteiger partial charge on any atom is -0.371 e. The van der Waals surface area contributed by atoms with Crippen molar-refractivity contribution >= 4 is 21.6 Å². The summed E-state index contributed by atoms with van der Waals surface area (Å²) in [6.07, 6.45) is 0.925. The lowest BCUT2D eigenvalue weighted by Gasteiger charge is -2.31. The fourth-order valence-corrected chi connectivity index (χ4v) is 2.92. The summed E-state index contributed by atoms with van der Waals surface area (Å²) >= 11 is 6.07. The Kier molecular flexibility index (Phi) is 3.73.